The average molecular weight is 546 g/mol. The Kier molecular flexibility index (Phi) is 7.93. The monoisotopic (exact) mass is 545 g/mol. The van der Waals surface area contributed by atoms with Crippen LogP contribution in [0.15, 0.2) is 54.6 Å². The molecule has 1 aliphatic heterocycles. The molecule has 5 nitrogen and oxygen atoms in total. The van der Waals surface area contributed by atoms with Crippen molar-refractivity contribution in [3.8, 4) is 16.9 Å². The number of rotatable bonds is 7. The van der Waals surface area contributed by atoms with Gasteiger partial charge >= 0.3 is 12.3 Å². The summed E-state index contributed by atoms with van der Waals surface area (Å²) in [5.74, 6) is -0.486. The molecule has 0 aliphatic carbocycles. The Morgan fingerprint density at radius 1 is 1.05 bits per heavy atom. The van der Waals surface area contributed by atoms with Crippen LogP contribution in [0.2, 0.25) is 0 Å². The number of ether oxygens (including phenoxy) is 2. The molecule has 1 amide bonds. The molecule has 0 spiro atoms. The van der Waals surface area contributed by atoms with E-state index in [9.17, 15) is 27.5 Å². The van der Waals surface area contributed by atoms with Crippen molar-refractivity contribution in [3.63, 3.8) is 0 Å². The van der Waals surface area contributed by atoms with E-state index in [0.717, 1.165) is 12.1 Å². The van der Waals surface area contributed by atoms with Gasteiger partial charge in [0.25, 0.3) is 0 Å². The third-order valence-electron chi connectivity index (χ3n) is 7.12. The van der Waals surface area contributed by atoms with Gasteiger partial charge in [-0.25, -0.2) is 9.18 Å². The first-order chi connectivity index (χ1) is 18.3. The largest absolute Gasteiger partial charge is 0.496 e. The van der Waals surface area contributed by atoms with Crippen LogP contribution < -0.4 is 4.74 Å². The first kappa shape index (κ1) is 28.4. The van der Waals surface area contributed by atoms with E-state index < -0.39 is 41.9 Å². The number of amides is 1. The molecule has 0 bridgehead atoms. The Balaban J connectivity index is 1.78. The van der Waals surface area contributed by atoms with E-state index in [0.29, 0.717) is 27.8 Å². The van der Waals surface area contributed by atoms with Gasteiger partial charge in [-0.1, -0.05) is 38.1 Å². The van der Waals surface area contributed by atoms with Crippen molar-refractivity contribution in [3.05, 3.63) is 88.2 Å². The number of benzene rings is 3. The lowest BCUT2D eigenvalue weighted by Gasteiger charge is -2.24. The predicted octanol–water partition coefficient (Wildman–Crippen LogP) is 7.78. The summed E-state index contributed by atoms with van der Waals surface area (Å²) < 4.78 is 66.9. The molecule has 3 aromatic carbocycles. The minimum absolute atomic E-state index is 0.169. The van der Waals surface area contributed by atoms with Gasteiger partial charge in [-0.2, -0.15) is 13.2 Å². The number of hydrogen-bond donors (Lipinski definition) is 1. The summed E-state index contributed by atoms with van der Waals surface area (Å²) in [5.41, 5.74) is 1.87. The van der Waals surface area contributed by atoms with Gasteiger partial charge in [-0.3, -0.25) is 4.90 Å². The van der Waals surface area contributed by atoms with Crippen molar-refractivity contribution in [1.82, 2.24) is 4.90 Å². The molecule has 39 heavy (non-hydrogen) atoms. The molecule has 0 radical (unpaired) electrons. The van der Waals surface area contributed by atoms with Crippen molar-refractivity contribution in [2.75, 3.05) is 7.11 Å². The third kappa shape index (κ3) is 5.73. The summed E-state index contributed by atoms with van der Waals surface area (Å²) in [7, 11) is 1.36. The van der Waals surface area contributed by atoms with Crippen LogP contribution in [0.3, 0.4) is 0 Å². The summed E-state index contributed by atoms with van der Waals surface area (Å²) >= 11 is 0. The van der Waals surface area contributed by atoms with Crippen LogP contribution in [0, 0.1) is 5.82 Å². The van der Waals surface area contributed by atoms with E-state index in [4.69, 9.17) is 9.47 Å². The Labute approximate surface area is 225 Å². The molecule has 1 heterocycles. The Morgan fingerprint density at radius 3 is 2.38 bits per heavy atom. The fraction of sp³-hybridized carbons (Fsp3) is 0.367. The van der Waals surface area contributed by atoms with Gasteiger partial charge in [-0.15, -0.1) is 0 Å². The van der Waals surface area contributed by atoms with Gasteiger partial charge in [-0.05, 0) is 71.8 Å². The lowest BCUT2D eigenvalue weighted by Crippen LogP contribution is -2.31. The fourth-order valence-electron chi connectivity index (χ4n) is 4.90. The maximum atomic E-state index is 14.7. The summed E-state index contributed by atoms with van der Waals surface area (Å²) in [5, 5.41) is 9.96. The van der Waals surface area contributed by atoms with E-state index >= 15 is 0 Å². The fourth-order valence-corrected chi connectivity index (χ4v) is 4.90. The highest BCUT2D eigenvalue weighted by Gasteiger charge is 2.40. The molecule has 4 rings (SSSR count). The number of nitrogens with zero attached hydrogens (tertiary/aromatic N) is 1. The van der Waals surface area contributed by atoms with Crippen molar-refractivity contribution in [1.29, 1.82) is 0 Å². The van der Waals surface area contributed by atoms with Gasteiger partial charge in [0.2, 0.25) is 0 Å². The summed E-state index contributed by atoms with van der Waals surface area (Å²) in [6, 6.07) is 12.6. The van der Waals surface area contributed by atoms with E-state index in [1.807, 2.05) is 13.8 Å². The number of carbonyl (C=O) groups is 1. The summed E-state index contributed by atoms with van der Waals surface area (Å²) in [6.07, 6.45) is -6.68. The lowest BCUT2D eigenvalue weighted by atomic mass is 9.91. The Morgan fingerprint density at radius 2 is 1.77 bits per heavy atom. The topological polar surface area (TPSA) is 59.0 Å². The van der Waals surface area contributed by atoms with Crippen molar-refractivity contribution < 1.29 is 36.9 Å². The van der Waals surface area contributed by atoms with Crippen LogP contribution in [0.5, 0.6) is 5.75 Å². The van der Waals surface area contributed by atoms with E-state index in [-0.39, 0.29) is 23.8 Å². The summed E-state index contributed by atoms with van der Waals surface area (Å²) in [6.45, 7) is 6.84. The van der Waals surface area contributed by atoms with Gasteiger partial charge in [0.1, 0.15) is 17.7 Å². The summed E-state index contributed by atoms with van der Waals surface area (Å²) in [4.78, 5) is 14.4. The smallest absolute Gasteiger partial charge is 0.416 e. The molecule has 0 aromatic heterocycles. The molecule has 1 aliphatic rings. The van der Waals surface area contributed by atoms with Crippen LogP contribution in [0.25, 0.3) is 11.1 Å². The quantitative estimate of drug-likeness (QED) is 0.308. The van der Waals surface area contributed by atoms with Crippen LogP contribution in [0.4, 0.5) is 22.4 Å². The molecule has 1 saturated heterocycles. The van der Waals surface area contributed by atoms with Crippen molar-refractivity contribution in [2.24, 2.45) is 0 Å². The maximum Gasteiger partial charge on any atom is 0.416 e. The number of hydrogen-bond acceptors (Lipinski definition) is 4. The zero-order chi connectivity index (χ0) is 28.6. The minimum Gasteiger partial charge on any atom is -0.496 e. The second kappa shape index (κ2) is 10.9. The molecule has 208 valence electrons. The van der Waals surface area contributed by atoms with Crippen molar-refractivity contribution >= 4 is 6.09 Å². The first-order valence-electron chi connectivity index (χ1n) is 12.6. The van der Waals surface area contributed by atoms with E-state index in [1.165, 1.54) is 24.1 Å². The third-order valence-corrected chi connectivity index (χ3v) is 7.12. The van der Waals surface area contributed by atoms with Gasteiger partial charge in [0.05, 0.1) is 31.4 Å². The average Bonchev–Trinajstić information content (AvgIpc) is 3.16. The lowest BCUT2D eigenvalue weighted by molar-refractivity contribution is -0.137. The molecule has 1 unspecified atom stereocenters. The number of cyclic esters (lactones) is 1. The number of aliphatic hydroxyl groups excluding tert-OH is 1. The van der Waals surface area contributed by atoms with Crippen LogP contribution in [-0.4, -0.2) is 29.3 Å². The SMILES string of the molecule is COc1cc(F)c(C(C)C)cc1-c1ccc(C(F)(F)F)cc1CN1C(=O)O[C@H](c2cccc(C(C)O)c2)[C@@H]1C. The first-order valence-corrected chi connectivity index (χ1v) is 12.6. The highest BCUT2D eigenvalue weighted by molar-refractivity contribution is 5.76. The van der Waals surface area contributed by atoms with E-state index in [1.54, 1.807) is 44.2 Å². The Bertz CT molecular complexity index is 1370. The van der Waals surface area contributed by atoms with Gasteiger partial charge in [0, 0.05) is 11.6 Å². The second-order valence-corrected chi connectivity index (χ2v) is 10.1. The molecule has 3 aromatic rings. The molecular formula is C30H31F4NO4. The second-order valence-electron chi connectivity index (χ2n) is 10.1. The molecule has 1 N–H and O–H groups in total. The number of halogens is 4. The standard InChI is InChI=1S/C30H31F4NO4/c1-16(2)24-13-25(27(38-5)14-26(24)31)23-10-9-22(30(32,33)34)12-21(23)15-35-17(3)28(39-29(35)37)20-8-6-7-19(11-20)18(4)36/h6-14,16-18,28,36H,15H2,1-5H3/t17-,18?,28-/m0/s1. The minimum atomic E-state index is -4.61. The highest BCUT2D eigenvalue weighted by Crippen LogP contribution is 2.41. The zero-order valence-corrected chi connectivity index (χ0v) is 22.3. The van der Waals surface area contributed by atoms with Crippen LogP contribution >= 0.6 is 0 Å². The molecule has 3 atom stereocenters. The maximum absolute atomic E-state index is 14.7. The van der Waals surface area contributed by atoms with Gasteiger partial charge < -0.3 is 14.6 Å². The zero-order valence-electron chi connectivity index (χ0n) is 22.3. The van der Waals surface area contributed by atoms with Crippen LogP contribution in [-0.2, 0) is 17.5 Å². The van der Waals surface area contributed by atoms with Gasteiger partial charge in [0.15, 0.2) is 0 Å². The van der Waals surface area contributed by atoms with Crippen LogP contribution in [0.1, 0.15) is 73.6 Å². The molecule has 0 saturated carbocycles. The number of alkyl halides is 3. The normalized spacial score (nSPS) is 18.4. The van der Waals surface area contributed by atoms with Crippen molar-refractivity contribution in [2.45, 2.75) is 64.6 Å². The molecular weight excluding hydrogens is 514 g/mol. The number of aliphatic hydroxyl groups is 1. The highest BCUT2D eigenvalue weighted by atomic mass is 19.4. The van der Waals surface area contributed by atoms with E-state index in [2.05, 4.69) is 0 Å². The molecule has 9 heteroatoms. The number of carbonyl (C=O) groups excluding carboxylic acids is 1. The molecule has 1 fully saturated rings. The number of methoxy groups -OCH3 is 1. The Hall–Kier alpha value is -3.59. The predicted molar refractivity (Wildman–Crippen MR) is 139 cm³/mol.